The lowest BCUT2D eigenvalue weighted by Crippen LogP contribution is -2.20. The van der Waals surface area contributed by atoms with Crippen LogP contribution in [0.5, 0.6) is 5.75 Å². The quantitative estimate of drug-likeness (QED) is 0.340. The lowest BCUT2D eigenvalue weighted by Gasteiger charge is -2.12. The number of rotatable bonds is 7. The second-order valence-electron chi connectivity index (χ2n) is 7.33. The van der Waals surface area contributed by atoms with E-state index in [2.05, 4.69) is 10.3 Å². The van der Waals surface area contributed by atoms with Crippen molar-refractivity contribution in [3.05, 3.63) is 89.4 Å². The number of halogens is 1. The average Bonchev–Trinajstić information content (AvgIpc) is 3.21. The van der Waals surface area contributed by atoms with Crippen molar-refractivity contribution in [2.45, 2.75) is 20.4 Å². The largest absolute Gasteiger partial charge is 0.493 e. The number of carbonyl (C=O) groups excluding carboxylic acids is 1. The van der Waals surface area contributed by atoms with Gasteiger partial charge in [0.2, 0.25) is 5.91 Å². The van der Waals surface area contributed by atoms with Gasteiger partial charge in [-0.2, -0.15) is 0 Å². The zero-order chi connectivity index (χ0) is 22.5. The van der Waals surface area contributed by atoms with Crippen molar-refractivity contribution < 1.29 is 13.9 Å². The molecule has 2 aromatic carbocycles. The van der Waals surface area contributed by atoms with Crippen LogP contribution in [0.25, 0.3) is 27.7 Å². The maximum Gasteiger partial charge on any atom is 0.244 e. The number of hydrogen-bond donors (Lipinski definition) is 1. The van der Waals surface area contributed by atoms with Crippen LogP contribution >= 0.6 is 11.6 Å². The van der Waals surface area contributed by atoms with Crippen molar-refractivity contribution >= 4 is 34.1 Å². The van der Waals surface area contributed by atoms with Crippen molar-refractivity contribution in [1.82, 2.24) is 10.3 Å². The Balaban J connectivity index is 1.66. The summed E-state index contributed by atoms with van der Waals surface area (Å²) in [6.45, 7) is 4.77. The Labute approximate surface area is 191 Å². The van der Waals surface area contributed by atoms with E-state index in [1.165, 1.54) is 0 Å². The normalized spacial score (nSPS) is 11.5. The Bertz CT molecular complexity index is 1260. The first-order valence-corrected chi connectivity index (χ1v) is 10.7. The number of ether oxygens (including phenoxy) is 1. The summed E-state index contributed by atoms with van der Waals surface area (Å²) < 4.78 is 11.7. The molecule has 2 heterocycles. The van der Waals surface area contributed by atoms with E-state index in [0.29, 0.717) is 23.9 Å². The fourth-order valence-electron chi connectivity index (χ4n) is 3.51. The maximum atomic E-state index is 12.5. The molecule has 2 aromatic heterocycles. The molecule has 1 N–H and O–H groups in total. The van der Waals surface area contributed by atoms with Crippen LogP contribution in [0.3, 0.4) is 0 Å². The number of pyridine rings is 1. The van der Waals surface area contributed by atoms with Crippen molar-refractivity contribution in [3.63, 3.8) is 0 Å². The minimum absolute atomic E-state index is 0.174. The molecule has 0 saturated carbocycles. The molecule has 0 bridgehead atoms. The molecule has 0 fully saturated rings. The van der Waals surface area contributed by atoms with Crippen LogP contribution in [0.2, 0.25) is 5.02 Å². The molecule has 4 aromatic rings. The van der Waals surface area contributed by atoms with Crippen molar-refractivity contribution in [2.75, 3.05) is 6.61 Å². The molecule has 0 aliphatic rings. The van der Waals surface area contributed by atoms with Crippen LogP contribution in [0.15, 0.2) is 77.7 Å². The number of aromatic nitrogens is 1. The van der Waals surface area contributed by atoms with Gasteiger partial charge in [-0.1, -0.05) is 23.7 Å². The standard InChI is InChI=1S/C26H23ClN2O3/c1-3-31-24-14-25-22(23(16-32-25)19-4-6-20(27)7-5-19)13-21(24)17(2)12-26(30)29-15-18-8-10-28-11-9-18/h4-14,16H,3,15H2,1-2H3,(H,29,30)/b17-12+. The van der Waals surface area contributed by atoms with E-state index in [4.69, 9.17) is 20.8 Å². The summed E-state index contributed by atoms with van der Waals surface area (Å²) in [6, 6.07) is 15.2. The fourth-order valence-corrected chi connectivity index (χ4v) is 3.63. The molecule has 0 aliphatic heterocycles. The fraction of sp³-hybridized carbons (Fsp3) is 0.154. The second-order valence-corrected chi connectivity index (χ2v) is 7.77. The van der Waals surface area contributed by atoms with Crippen molar-refractivity contribution in [2.24, 2.45) is 0 Å². The summed E-state index contributed by atoms with van der Waals surface area (Å²) in [7, 11) is 0. The van der Waals surface area contributed by atoms with Gasteiger partial charge in [-0.3, -0.25) is 9.78 Å². The molecule has 1 amide bonds. The minimum Gasteiger partial charge on any atom is -0.493 e. The highest BCUT2D eigenvalue weighted by Crippen LogP contribution is 2.37. The van der Waals surface area contributed by atoms with Crippen LogP contribution < -0.4 is 10.1 Å². The Hall–Kier alpha value is -3.57. The van der Waals surface area contributed by atoms with Crippen LogP contribution in [0.4, 0.5) is 0 Å². The van der Waals surface area contributed by atoms with Crippen LogP contribution in [0, 0.1) is 0 Å². The monoisotopic (exact) mass is 446 g/mol. The van der Waals surface area contributed by atoms with Gasteiger partial charge in [0.15, 0.2) is 0 Å². The first-order valence-electron chi connectivity index (χ1n) is 10.3. The number of amides is 1. The van der Waals surface area contributed by atoms with Crippen molar-refractivity contribution in [3.8, 4) is 16.9 Å². The van der Waals surface area contributed by atoms with E-state index in [9.17, 15) is 4.79 Å². The third kappa shape index (κ3) is 4.84. The van der Waals surface area contributed by atoms with Gasteiger partial charge in [0.1, 0.15) is 11.3 Å². The molecule has 162 valence electrons. The van der Waals surface area contributed by atoms with Crippen LogP contribution in [0.1, 0.15) is 25.0 Å². The summed E-state index contributed by atoms with van der Waals surface area (Å²) in [5, 5.41) is 4.53. The predicted molar refractivity (Wildman–Crippen MR) is 128 cm³/mol. The number of nitrogens with zero attached hydrogens (tertiary/aromatic N) is 1. The molecule has 0 spiro atoms. The number of hydrogen-bond acceptors (Lipinski definition) is 4. The molecule has 0 unspecified atom stereocenters. The Kier molecular flexibility index (Phi) is 6.57. The van der Waals surface area contributed by atoms with Gasteiger partial charge in [-0.25, -0.2) is 0 Å². The van der Waals surface area contributed by atoms with E-state index in [1.54, 1.807) is 24.7 Å². The summed E-state index contributed by atoms with van der Waals surface area (Å²) in [5.74, 6) is 0.500. The van der Waals surface area contributed by atoms with Gasteiger partial charge in [0.05, 0.1) is 12.9 Å². The number of carbonyl (C=O) groups is 1. The molecule has 0 atom stereocenters. The zero-order valence-corrected chi connectivity index (χ0v) is 18.6. The third-order valence-electron chi connectivity index (χ3n) is 5.12. The van der Waals surface area contributed by atoms with E-state index in [0.717, 1.165) is 38.8 Å². The highest BCUT2D eigenvalue weighted by atomic mass is 35.5. The van der Waals surface area contributed by atoms with Crippen LogP contribution in [-0.2, 0) is 11.3 Å². The van der Waals surface area contributed by atoms with E-state index in [1.807, 2.05) is 62.4 Å². The van der Waals surface area contributed by atoms with Crippen molar-refractivity contribution in [1.29, 1.82) is 0 Å². The van der Waals surface area contributed by atoms with E-state index < -0.39 is 0 Å². The summed E-state index contributed by atoms with van der Waals surface area (Å²) in [6.07, 6.45) is 6.73. The minimum atomic E-state index is -0.174. The van der Waals surface area contributed by atoms with Gasteiger partial charge < -0.3 is 14.5 Å². The third-order valence-corrected chi connectivity index (χ3v) is 5.37. The lowest BCUT2D eigenvalue weighted by atomic mass is 9.99. The number of furan rings is 1. The number of fused-ring (bicyclic) bond motifs is 1. The zero-order valence-electron chi connectivity index (χ0n) is 17.9. The van der Waals surface area contributed by atoms with E-state index in [-0.39, 0.29) is 5.91 Å². The van der Waals surface area contributed by atoms with Gasteiger partial charge in [0.25, 0.3) is 0 Å². The first kappa shape index (κ1) is 21.7. The number of allylic oxidation sites excluding steroid dienone is 1. The smallest absolute Gasteiger partial charge is 0.244 e. The van der Waals surface area contributed by atoms with Gasteiger partial charge >= 0.3 is 0 Å². The molecule has 0 aliphatic carbocycles. The Morgan fingerprint density at radius 3 is 2.62 bits per heavy atom. The van der Waals surface area contributed by atoms with E-state index >= 15 is 0 Å². The number of benzene rings is 2. The van der Waals surface area contributed by atoms with Gasteiger partial charge in [-0.15, -0.1) is 0 Å². The molecular weight excluding hydrogens is 424 g/mol. The molecule has 32 heavy (non-hydrogen) atoms. The molecule has 5 nitrogen and oxygen atoms in total. The van der Waals surface area contributed by atoms with Crippen LogP contribution in [-0.4, -0.2) is 17.5 Å². The van der Waals surface area contributed by atoms with Gasteiger partial charge in [0, 0.05) is 52.6 Å². The summed E-state index contributed by atoms with van der Waals surface area (Å²) in [4.78, 5) is 16.5. The molecule has 0 radical (unpaired) electrons. The molecule has 4 rings (SSSR count). The lowest BCUT2D eigenvalue weighted by molar-refractivity contribution is -0.116. The second kappa shape index (κ2) is 9.71. The SMILES string of the molecule is CCOc1cc2occ(-c3ccc(Cl)cc3)c2cc1/C(C)=C/C(=O)NCc1ccncc1. The predicted octanol–water partition coefficient (Wildman–Crippen LogP) is 6.27. The topological polar surface area (TPSA) is 64.4 Å². The average molecular weight is 447 g/mol. The molecule has 0 saturated heterocycles. The Morgan fingerprint density at radius 1 is 1.16 bits per heavy atom. The molecule has 6 heteroatoms. The Morgan fingerprint density at radius 2 is 1.91 bits per heavy atom. The highest BCUT2D eigenvalue weighted by molar-refractivity contribution is 6.30. The summed E-state index contributed by atoms with van der Waals surface area (Å²) >= 11 is 6.04. The highest BCUT2D eigenvalue weighted by Gasteiger charge is 2.15. The first-order chi connectivity index (χ1) is 15.5. The van der Waals surface area contributed by atoms with Gasteiger partial charge in [-0.05, 0) is 60.9 Å². The number of nitrogens with one attached hydrogen (secondary N) is 1. The maximum absolute atomic E-state index is 12.5. The molecular formula is C26H23ClN2O3. The summed E-state index contributed by atoms with van der Waals surface area (Å²) in [5.41, 5.74) is 5.30.